The van der Waals surface area contributed by atoms with E-state index in [4.69, 9.17) is 9.76 Å². The maximum atomic E-state index is 8.31. The number of hydrogen-bond acceptors (Lipinski definition) is 4. The van der Waals surface area contributed by atoms with Gasteiger partial charge in [0.1, 0.15) is 0 Å². The molecular formula is C6H9BNO4. The van der Waals surface area contributed by atoms with Gasteiger partial charge in [-0.25, -0.2) is 0 Å². The number of hydrogen-bond donors (Lipinski definition) is 1. The van der Waals surface area contributed by atoms with Crippen LogP contribution in [-0.4, -0.2) is 30.3 Å². The zero-order chi connectivity index (χ0) is 8.10. The molecule has 1 radical (unpaired) electrons. The van der Waals surface area contributed by atoms with Crippen molar-refractivity contribution in [2.45, 2.75) is 0 Å². The lowest BCUT2D eigenvalue weighted by molar-refractivity contribution is 0.380. The normalized spacial score (nSPS) is 8.17. The molecule has 3 N–H and O–H groups in total. The molecule has 0 unspecified atom stereocenters. The minimum Gasteiger partial charge on any atom is -0.534 e. The number of nitrogens with zero attached hydrogens (tertiary/aromatic N) is 1. The first kappa shape index (κ1) is 10.7. The van der Waals surface area contributed by atoms with Crippen LogP contribution < -0.4 is 9.39 Å². The lowest BCUT2D eigenvalue weighted by atomic mass is 10.3. The summed E-state index contributed by atoms with van der Waals surface area (Å²) in [6.07, 6.45) is 3.02. The molecular weight excluding hydrogens is 161 g/mol. The van der Waals surface area contributed by atoms with Crippen molar-refractivity contribution in [3.05, 3.63) is 18.5 Å². The summed E-state index contributed by atoms with van der Waals surface area (Å²) in [4.78, 5) is 3.78. The average molecular weight is 170 g/mol. The number of pyridine rings is 1. The van der Waals surface area contributed by atoms with Crippen molar-refractivity contribution in [3.63, 3.8) is 0 Å². The van der Waals surface area contributed by atoms with Crippen LogP contribution >= 0.6 is 0 Å². The summed E-state index contributed by atoms with van der Waals surface area (Å²) < 4.78 is 9.57. The van der Waals surface area contributed by atoms with Gasteiger partial charge in [0.2, 0.25) is 0 Å². The van der Waals surface area contributed by atoms with Crippen molar-refractivity contribution in [1.29, 1.82) is 0 Å². The second-order valence-electron chi connectivity index (χ2n) is 1.75. The van der Waals surface area contributed by atoms with Crippen molar-refractivity contribution in [3.8, 4) is 11.5 Å². The highest BCUT2D eigenvalue weighted by Gasteiger charge is 2.01. The third kappa shape index (κ3) is 2.41. The predicted molar refractivity (Wildman–Crippen MR) is 43.0 cm³/mol. The molecule has 0 aliphatic rings. The molecule has 0 aliphatic heterocycles. The Kier molecular flexibility index (Phi) is 4.83. The summed E-state index contributed by atoms with van der Waals surface area (Å²) in [7, 11) is 2.10. The summed E-state index contributed by atoms with van der Waals surface area (Å²) in [5, 5.41) is 8.31. The first-order valence-corrected chi connectivity index (χ1v) is 2.99. The van der Waals surface area contributed by atoms with E-state index in [2.05, 4.69) is 9.64 Å². The van der Waals surface area contributed by atoms with Gasteiger partial charge in [-0.15, -0.1) is 0 Å². The largest absolute Gasteiger partial charge is 0.569 e. The zero-order valence-electron chi connectivity index (χ0n) is 6.52. The van der Waals surface area contributed by atoms with E-state index in [0.717, 1.165) is 0 Å². The first-order valence-electron chi connectivity index (χ1n) is 2.99. The molecule has 65 valence electrons. The van der Waals surface area contributed by atoms with Crippen LogP contribution in [0.3, 0.4) is 0 Å². The van der Waals surface area contributed by atoms with E-state index in [0.29, 0.717) is 19.2 Å². The van der Waals surface area contributed by atoms with Crippen molar-refractivity contribution in [2.75, 3.05) is 7.11 Å². The summed E-state index contributed by atoms with van der Waals surface area (Å²) in [6, 6.07) is 1.64. The van der Waals surface area contributed by atoms with Gasteiger partial charge in [-0.05, 0) is 0 Å². The molecule has 0 bridgehead atoms. The van der Waals surface area contributed by atoms with Crippen LogP contribution in [-0.2, 0) is 0 Å². The van der Waals surface area contributed by atoms with Gasteiger partial charge in [0, 0.05) is 12.3 Å². The summed E-state index contributed by atoms with van der Waals surface area (Å²) in [5.74, 6) is 0.919. The summed E-state index contributed by atoms with van der Waals surface area (Å²) in [6.45, 7) is 0. The third-order valence-corrected chi connectivity index (χ3v) is 1.15. The molecule has 1 aromatic rings. The molecule has 0 spiro atoms. The smallest absolute Gasteiger partial charge is 0.534 e. The van der Waals surface area contributed by atoms with E-state index >= 15 is 0 Å². The van der Waals surface area contributed by atoms with Gasteiger partial charge < -0.3 is 19.9 Å². The van der Waals surface area contributed by atoms with Crippen LogP contribution in [0.4, 0.5) is 0 Å². The highest BCUT2D eigenvalue weighted by molar-refractivity contribution is 6.17. The van der Waals surface area contributed by atoms with Crippen LogP contribution in [0.25, 0.3) is 0 Å². The van der Waals surface area contributed by atoms with Crippen molar-refractivity contribution in [2.24, 2.45) is 0 Å². The number of rotatable bonds is 3. The fraction of sp³-hybridized carbons (Fsp3) is 0.167. The second-order valence-corrected chi connectivity index (χ2v) is 1.75. The minimum absolute atomic E-state index is 0. The molecule has 1 heterocycles. The zero-order valence-corrected chi connectivity index (χ0v) is 6.52. The van der Waals surface area contributed by atoms with E-state index in [9.17, 15) is 0 Å². The van der Waals surface area contributed by atoms with E-state index in [1.807, 2.05) is 0 Å². The van der Waals surface area contributed by atoms with Crippen LogP contribution in [0.1, 0.15) is 0 Å². The highest BCUT2D eigenvalue weighted by atomic mass is 16.5. The molecule has 0 amide bonds. The molecule has 0 aliphatic carbocycles. The standard InChI is InChI=1S/C6H7BNO3.H2O/c1-10-5-2-3-8-4-6(5)11-7-9;/h2-4,9H,1H3;1H2. The van der Waals surface area contributed by atoms with Gasteiger partial charge in [-0.2, -0.15) is 0 Å². The van der Waals surface area contributed by atoms with E-state index in [1.165, 1.54) is 13.3 Å². The number of aromatic nitrogens is 1. The van der Waals surface area contributed by atoms with E-state index in [-0.39, 0.29) is 5.48 Å². The Morgan fingerprint density at radius 3 is 2.83 bits per heavy atom. The molecule has 12 heavy (non-hydrogen) atoms. The van der Waals surface area contributed by atoms with Crippen LogP contribution in [0.15, 0.2) is 18.5 Å². The van der Waals surface area contributed by atoms with Crippen LogP contribution in [0.5, 0.6) is 11.5 Å². The SMILES string of the molecule is COc1ccncc1O[B]O.O. The molecule has 0 atom stereocenters. The average Bonchev–Trinajstić information content (AvgIpc) is 2.06. The van der Waals surface area contributed by atoms with E-state index in [1.54, 1.807) is 12.3 Å². The van der Waals surface area contributed by atoms with Gasteiger partial charge >= 0.3 is 7.69 Å². The second kappa shape index (κ2) is 5.39. The lowest BCUT2D eigenvalue weighted by Gasteiger charge is -2.05. The predicted octanol–water partition coefficient (Wildman–Crippen LogP) is -0.829. The Morgan fingerprint density at radius 1 is 1.50 bits per heavy atom. The van der Waals surface area contributed by atoms with Crippen molar-refractivity contribution in [1.82, 2.24) is 4.98 Å². The Labute approximate surface area is 70.6 Å². The van der Waals surface area contributed by atoms with Gasteiger partial charge in [0.15, 0.2) is 11.5 Å². The molecule has 6 heteroatoms. The number of methoxy groups -OCH3 is 1. The minimum atomic E-state index is 0. The molecule has 0 saturated carbocycles. The van der Waals surface area contributed by atoms with Gasteiger partial charge in [-0.1, -0.05) is 0 Å². The Bertz CT molecular complexity index is 233. The van der Waals surface area contributed by atoms with Gasteiger partial charge in [0.05, 0.1) is 13.3 Å². The van der Waals surface area contributed by atoms with Gasteiger partial charge in [-0.3, -0.25) is 4.98 Å². The highest BCUT2D eigenvalue weighted by Crippen LogP contribution is 2.23. The maximum Gasteiger partial charge on any atom is 0.569 e. The third-order valence-electron chi connectivity index (χ3n) is 1.15. The van der Waals surface area contributed by atoms with Gasteiger partial charge in [0.25, 0.3) is 0 Å². The molecule has 5 nitrogen and oxygen atoms in total. The van der Waals surface area contributed by atoms with Crippen molar-refractivity contribution < 1.29 is 19.9 Å². The maximum absolute atomic E-state index is 8.31. The lowest BCUT2D eigenvalue weighted by Crippen LogP contribution is -2.01. The molecule has 1 rings (SSSR count). The monoisotopic (exact) mass is 170 g/mol. The van der Waals surface area contributed by atoms with E-state index < -0.39 is 0 Å². The molecule has 0 fully saturated rings. The Hall–Kier alpha value is -1.27. The van der Waals surface area contributed by atoms with Crippen LogP contribution in [0.2, 0.25) is 0 Å². The molecule has 0 saturated heterocycles. The first-order chi connectivity index (χ1) is 5.38. The Morgan fingerprint density at radius 2 is 2.25 bits per heavy atom. The fourth-order valence-electron chi connectivity index (χ4n) is 0.681. The molecule has 0 aromatic carbocycles. The quantitative estimate of drug-likeness (QED) is 0.600. The Balaban J connectivity index is 0.00000121. The molecule has 1 aromatic heterocycles. The number of ether oxygens (including phenoxy) is 1. The summed E-state index contributed by atoms with van der Waals surface area (Å²) >= 11 is 0. The van der Waals surface area contributed by atoms with Crippen molar-refractivity contribution >= 4 is 7.69 Å². The topological polar surface area (TPSA) is 83.1 Å². The fourth-order valence-corrected chi connectivity index (χ4v) is 0.681. The summed E-state index contributed by atoms with van der Waals surface area (Å²) in [5.41, 5.74) is 0. The van der Waals surface area contributed by atoms with Crippen LogP contribution in [0, 0.1) is 0 Å².